The summed E-state index contributed by atoms with van der Waals surface area (Å²) >= 11 is 0. The lowest BCUT2D eigenvalue weighted by Crippen LogP contribution is -2.35. The van der Waals surface area contributed by atoms with Gasteiger partial charge in [0.2, 0.25) is 5.88 Å². The van der Waals surface area contributed by atoms with E-state index in [1.165, 1.54) is 22.0 Å². The van der Waals surface area contributed by atoms with Crippen LogP contribution in [0.25, 0.3) is 0 Å². The van der Waals surface area contributed by atoms with Gasteiger partial charge in [-0.2, -0.15) is 5.10 Å². The number of urea groups is 1. The van der Waals surface area contributed by atoms with E-state index in [0.29, 0.717) is 6.54 Å². The highest BCUT2D eigenvalue weighted by atomic mass is 32.2. The zero-order chi connectivity index (χ0) is 19.7. The van der Waals surface area contributed by atoms with Gasteiger partial charge in [-0.05, 0) is 54.9 Å². The molecule has 0 saturated heterocycles. The van der Waals surface area contributed by atoms with Crippen molar-refractivity contribution in [2.45, 2.75) is 49.6 Å². The Labute approximate surface area is 162 Å². The van der Waals surface area contributed by atoms with Gasteiger partial charge in [-0.15, -0.1) is 4.36 Å². The van der Waals surface area contributed by atoms with Gasteiger partial charge >= 0.3 is 6.03 Å². The number of benzene rings is 1. The Kier molecular flexibility index (Phi) is 3.65. The van der Waals surface area contributed by atoms with E-state index >= 15 is 0 Å². The molecule has 9 nitrogen and oxygen atoms in total. The van der Waals surface area contributed by atoms with Crippen molar-refractivity contribution in [2.24, 2.45) is 9.50 Å². The molecule has 2 atom stereocenters. The summed E-state index contributed by atoms with van der Waals surface area (Å²) in [6.45, 7) is 1.77. The maximum Gasteiger partial charge on any atom is 0.354 e. The molecule has 2 aliphatic carbocycles. The smallest absolute Gasteiger partial charge is 0.354 e. The van der Waals surface area contributed by atoms with Crippen LogP contribution in [0.15, 0.2) is 21.5 Å². The van der Waals surface area contributed by atoms with Gasteiger partial charge in [-0.1, -0.05) is 6.07 Å². The van der Waals surface area contributed by atoms with Crippen molar-refractivity contribution in [2.75, 3.05) is 11.9 Å². The molecule has 148 valence electrons. The largest absolute Gasteiger partial charge is 0.466 e. The first-order chi connectivity index (χ1) is 13.3. The molecular formula is C18H21N5O4S. The molecule has 0 fully saturated rings. The number of fused-ring (bicyclic) bond motifs is 3. The number of hydrogen-bond donors (Lipinski definition) is 3. The zero-order valence-electron chi connectivity index (χ0n) is 15.4. The molecule has 2 aromatic rings. The van der Waals surface area contributed by atoms with Crippen LogP contribution in [0, 0.1) is 0 Å². The molecule has 0 bridgehead atoms. The number of aromatic nitrogens is 2. The lowest BCUT2D eigenvalue weighted by Gasteiger charge is -2.31. The first-order valence-electron chi connectivity index (χ1n) is 9.18. The van der Waals surface area contributed by atoms with Crippen LogP contribution >= 0.6 is 0 Å². The van der Waals surface area contributed by atoms with Gasteiger partial charge in [-0.3, -0.25) is 0 Å². The van der Waals surface area contributed by atoms with Crippen LogP contribution in [-0.4, -0.2) is 37.3 Å². The number of carbonyl (C=O) groups excluding carboxylic acids is 1. The molecule has 10 heteroatoms. The summed E-state index contributed by atoms with van der Waals surface area (Å²) in [6, 6.07) is 1.46. The third-order valence-electron chi connectivity index (χ3n) is 5.70. The number of amides is 2. The van der Waals surface area contributed by atoms with E-state index in [1.807, 2.05) is 0 Å². The number of aryl methyl sites for hydroxylation is 2. The molecule has 28 heavy (non-hydrogen) atoms. The first kappa shape index (κ1) is 17.7. The average molecular weight is 403 g/mol. The normalized spacial score (nSPS) is 23.2. The molecule has 1 aliphatic heterocycles. The molecule has 1 aromatic carbocycles. The Bertz CT molecular complexity index is 1120. The molecule has 0 spiro atoms. The summed E-state index contributed by atoms with van der Waals surface area (Å²) in [5.74, 6) is 0.175. The molecule has 4 N–H and O–H groups in total. The highest BCUT2D eigenvalue weighted by Gasteiger charge is 2.39. The quantitative estimate of drug-likeness (QED) is 0.707. The fourth-order valence-corrected chi connectivity index (χ4v) is 4.95. The van der Waals surface area contributed by atoms with Crippen LogP contribution in [0.3, 0.4) is 0 Å². The summed E-state index contributed by atoms with van der Waals surface area (Å²) in [5.41, 5.74) is 4.73. The van der Waals surface area contributed by atoms with E-state index in [2.05, 4.69) is 20.8 Å². The second kappa shape index (κ2) is 5.79. The van der Waals surface area contributed by atoms with Gasteiger partial charge in [0.15, 0.2) is 15.5 Å². The Morgan fingerprint density at radius 2 is 2.07 bits per heavy atom. The number of carbonyl (C=O) groups is 1. The summed E-state index contributed by atoms with van der Waals surface area (Å²) in [7, 11) is -3.56. The maximum atomic E-state index is 13.0. The van der Waals surface area contributed by atoms with Crippen molar-refractivity contribution in [3.63, 3.8) is 0 Å². The van der Waals surface area contributed by atoms with Gasteiger partial charge in [0.25, 0.3) is 0 Å². The van der Waals surface area contributed by atoms with E-state index in [0.717, 1.165) is 42.5 Å². The number of nitrogens with two attached hydrogens (primary N) is 1. The summed E-state index contributed by atoms with van der Waals surface area (Å²) in [4.78, 5) is 12.6. The third kappa shape index (κ3) is 2.55. The number of nitrogens with zero attached hydrogens (tertiary/aromatic N) is 3. The van der Waals surface area contributed by atoms with Crippen molar-refractivity contribution in [1.82, 2.24) is 9.78 Å². The number of nitrogens with one attached hydrogen (secondary N) is 1. The van der Waals surface area contributed by atoms with Crippen molar-refractivity contribution < 1.29 is 18.8 Å². The highest BCUT2D eigenvalue weighted by molar-refractivity contribution is 7.91. The fraction of sp³-hybridized carbons (Fsp3) is 0.444. The topological polar surface area (TPSA) is 132 Å². The van der Waals surface area contributed by atoms with Crippen molar-refractivity contribution in [3.05, 3.63) is 34.5 Å². The number of rotatable bonds is 3. The summed E-state index contributed by atoms with van der Waals surface area (Å²) in [5, 5.41) is 22.3. The Hall–Kier alpha value is -2.43. The maximum absolute atomic E-state index is 13.0. The number of aliphatic hydroxyl groups is 1. The second-order valence-corrected chi connectivity index (χ2v) is 9.56. The highest BCUT2D eigenvalue weighted by Crippen LogP contribution is 2.41. The molecular weight excluding hydrogens is 382 g/mol. The van der Waals surface area contributed by atoms with Crippen LogP contribution in [0.1, 0.15) is 29.2 Å². The molecule has 5 rings (SSSR count). The van der Waals surface area contributed by atoms with Gasteiger partial charge in [0, 0.05) is 5.69 Å². The van der Waals surface area contributed by atoms with Crippen LogP contribution in [-0.2, 0) is 42.1 Å². The lowest BCUT2D eigenvalue weighted by molar-refractivity contribution is 0.0399. The van der Waals surface area contributed by atoms with Gasteiger partial charge in [0.1, 0.15) is 4.90 Å². The van der Waals surface area contributed by atoms with Crippen molar-refractivity contribution in [3.8, 4) is 5.88 Å². The molecule has 0 radical (unpaired) electrons. The SMILES string of the molecule is C[C@@]1(CO)Cn2ncc([S@@](N)(=O)=NC(=O)Nc3c4c(cc5c3CC5)CC4)c2O1. The Balaban J connectivity index is 1.45. The lowest BCUT2D eigenvalue weighted by atomic mass is 9.76. The number of anilines is 1. The minimum atomic E-state index is -3.56. The number of aliphatic hydroxyl groups excluding tert-OH is 1. The monoisotopic (exact) mass is 403 g/mol. The van der Waals surface area contributed by atoms with E-state index < -0.39 is 21.5 Å². The van der Waals surface area contributed by atoms with E-state index in [9.17, 15) is 14.1 Å². The summed E-state index contributed by atoms with van der Waals surface area (Å²) in [6.07, 6.45) is 5.16. The van der Waals surface area contributed by atoms with Crippen molar-refractivity contribution >= 4 is 21.6 Å². The average Bonchev–Trinajstić information content (AvgIpc) is 3.08. The Morgan fingerprint density at radius 3 is 2.64 bits per heavy atom. The molecule has 0 unspecified atom stereocenters. The van der Waals surface area contributed by atoms with E-state index in [1.54, 1.807) is 6.92 Å². The molecule has 3 aliphatic rings. The van der Waals surface area contributed by atoms with Crippen LogP contribution < -0.4 is 15.2 Å². The molecule has 1 aromatic heterocycles. The standard InChI is InChI=1S/C18H21N5O4S/c1-18(9-24)8-23-16(27-18)14(7-20-23)28(19,26)22-17(25)21-15-12-4-2-10(12)6-11-3-5-13(11)15/h6-7,24H,2-5,8-9H2,1H3,(H3,19,21,22,25,26)/t18-,28-/m0/s1. The predicted molar refractivity (Wildman–Crippen MR) is 102 cm³/mol. The molecule has 0 saturated carbocycles. The zero-order valence-corrected chi connectivity index (χ0v) is 16.2. The third-order valence-corrected chi connectivity index (χ3v) is 7.05. The number of hydrogen-bond acceptors (Lipinski definition) is 5. The second-order valence-electron chi connectivity index (χ2n) is 7.80. The van der Waals surface area contributed by atoms with Gasteiger partial charge in [-0.25, -0.2) is 18.8 Å². The minimum absolute atomic E-state index is 0.0499. The van der Waals surface area contributed by atoms with E-state index in [-0.39, 0.29) is 17.4 Å². The van der Waals surface area contributed by atoms with Crippen LogP contribution in [0.5, 0.6) is 5.88 Å². The number of ether oxygens (including phenoxy) is 1. The fourth-order valence-electron chi connectivity index (χ4n) is 3.96. The van der Waals surface area contributed by atoms with Gasteiger partial charge < -0.3 is 15.2 Å². The Morgan fingerprint density at radius 1 is 1.39 bits per heavy atom. The molecule has 2 heterocycles. The van der Waals surface area contributed by atoms with Gasteiger partial charge in [0.05, 0.1) is 19.3 Å². The first-order valence-corrected chi connectivity index (χ1v) is 10.8. The van der Waals surface area contributed by atoms with Crippen LogP contribution in [0.2, 0.25) is 0 Å². The minimum Gasteiger partial charge on any atom is -0.466 e. The summed E-state index contributed by atoms with van der Waals surface area (Å²) < 4.78 is 23.9. The van der Waals surface area contributed by atoms with E-state index in [4.69, 9.17) is 9.88 Å². The predicted octanol–water partition coefficient (Wildman–Crippen LogP) is 1.16. The van der Waals surface area contributed by atoms with Crippen LogP contribution in [0.4, 0.5) is 10.5 Å². The van der Waals surface area contributed by atoms with Crippen molar-refractivity contribution in [1.29, 1.82) is 0 Å². The molecule has 2 amide bonds.